The second kappa shape index (κ2) is 6.03. The maximum absolute atomic E-state index is 12.3. The molecule has 0 atom stereocenters. The molecule has 3 rings (SSSR count). The molecule has 1 heterocycles. The number of nitrogens with zero attached hydrogens (tertiary/aromatic N) is 1. The number of fused-ring (bicyclic) bond motifs is 1. The van der Waals surface area contributed by atoms with Gasteiger partial charge in [-0.15, -0.1) is 0 Å². The van der Waals surface area contributed by atoms with Gasteiger partial charge in [-0.05, 0) is 42.0 Å². The maximum atomic E-state index is 12.3. The van der Waals surface area contributed by atoms with Crippen LogP contribution in [0.15, 0.2) is 59.4 Å². The highest BCUT2D eigenvalue weighted by Crippen LogP contribution is 2.23. The second-order valence-electron chi connectivity index (χ2n) is 5.05. The van der Waals surface area contributed by atoms with Gasteiger partial charge in [0.15, 0.2) is 12.2 Å². The number of pyridine rings is 1. The summed E-state index contributed by atoms with van der Waals surface area (Å²) in [5.41, 5.74) is 2.80. The number of benzene rings is 2. The lowest BCUT2D eigenvalue weighted by Gasteiger charge is -2.13. The van der Waals surface area contributed by atoms with Gasteiger partial charge in [0, 0.05) is 25.6 Å². The van der Waals surface area contributed by atoms with Gasteiger partial charge in [0.05, 0.1) is 11.2 Å². The summed E-state index contributed by atoms with van der Waals surface area (Å²) in [6.07, 6.45) is 0. The van der Waals surface area contributed by atoms with E-state index in [9.17, 15) is 4.79 Å². The summed E-state index contributed by atoms with van der Waals surface area (Å²) < 4.78 is 12.3. The van der Waals surface area contributed by atoms with E-state index in [4.69, 9.17) is 9.47 Å². The molecule has 3 aromatic rings. The molecule has 2 aromatic carbocycles. The van der Waals surface area contributed by atoms with E-state index < -0.39 is 0 Å². The van der Waals surface area contributed by atoms with Crippen LogP contribution in [0.1, 0.15) is 0 Å². The fourth-order valence-corrected chi connectivity index (χ4v) is 2.53. The minimum Gasteiger partial charge on any atom is -0.468 e. The Morgan fingerprint density at radius 1 is 1.05 bits per heavy atom. The monoisotopic (exact) mass is 295 g/mol. The largest absolute Gasteiger partial charge is 0.468 e. The lowest BCUT2D eigenvalue weighted by Crippen LogP contribution is -2.08. The number of rotatable bonds is 4. The molecule has 0 aliphatic carbocycles. The topological polar surface area (TPSA) is 40.5 Å². The molecular formula is C18H17NO3. The third kappa shape index (κ3) is 2.61. The predicted molar refractivity (Wildman–Crippen MR) is 87.1 cm³/mol. The quantitative estimate of drug-likeness (QED) is 0.694. The molecule has 0 spiro atoms. The first kappa shape index (κ1) is 14.4. The van der Waals surface area contributed by atoms with E-state index >= 15 is 0 Å². The Kier molecular flexibility index (Phi) is 3.94. The molecule has 1 aromatic heterocycles. The van der Waals surface area contributed by atoms with E-state index in [-0.39, 0.29) is 12.2 Å². The summed E-state index contributed by atoms with van der Waals surface area (Å²) in [5.74, 6) is 0.733. The number of para-hydroxylation sites is 1. The molecule has 0 bridgehead atoms. The van der Waals surface area contributed by atoms with Crippen molar-refractivity contribution in [3.8, 4) is 17.0 Å². The Balaban J connectivity index is 2.06. The van der Waals surface area contributed by atoms with Gasteiger partial charge in [-0.1, -0.05) is 12.1 Å². The molecular weight excluding hydrogens is 278 g/mol. The van der Waals surface area contributed by atoms with Gasteiger partial charge in [-0.2, -0.15) is 0 Å². The van der Waals surface area contributed by atoms with Crippen molar-refractivity contribution in [3.63, 3.8) is 0 Å². The summed E-state index contributed by atoms with van der Waals surface area (Å²) in [7, 11) is 3.55. The molecule has 0 saturated heterocycles. The highest BCUT2D eigenvalue weighted by molar-refractivity contribution is 5.82. The Morgan fingerprint density at radius 3 is 2.50 bits per heavy atom. The third-order valence-electron chi connectivity index (χ3n) is 3.65. The van der Waals surface area contributed by atoms with Crippen LogP contribution in [0, 0.1) is 0 Å². The molecule has 0 saturated carbocycles. The fourth-order valence-electron chi connectivity index (χ4n) is 2.53. The summed E-state index contributed by atoms with van der Waals surface area (Å²) >= 11 is 0. The first-order valence-electron chi connectivity index (χ1n) is 7.01. The van der Waals surface area contributed by atoms with E-state index in [0.29, 0.717) is 0 Å². The standard InChI is InChI=1S/C18H17NO3/c1-19-16-6-4-3-5-15(16)18(20)11-17(19)13-7-9-14(10-8-13)22-12-21-2/h3-11H,12H2,1-2H3. The predicted octanol–water partition coefficient (Wildman–Crippen LogP) is 3.19. The molecule has 0 N–H and O–H groups in total. The maximum Gasteiger partial charge on any atom is 0.190 e. The average Bonchev–Trinajstić information content (AvgIpc) is 2.57. The Bertz CT molecular complexity index is 850. The fraction of sp³-hybridized carbons (Fsp3) is 0.167. The zero-order valence-electron chi connectivity index (χ0n) is 12.6. The van der Waals surface area contributed by atoms with E-state index in [1.807, 2.05) is 60.1 Å². The van der Waals surface area contributed by atoms with Crippen molar-refractivity contribution in [2.24, 2.45) is 7.05 Å². The average molecular weight is 295 g/mol. The van der Waals surface area contributed by atoms with Gasteiger partial charge in [-0.3, -0.25) is 4.79 Å². The summed E-state index contributed by atoms with van der Waals surface area (Å²) in [6.45, 7) is 0.216. The van der Waals surface area contributed by atoms with Crippen LogP contribution in [-0.2, 0) is 11.8 Å². The van der Waals surface area contributed by atoms with Gasteiger partial charge in [0.1, 0.15) is 5.75 Å². The van der Waals surface area contributed by atoms with Crippen LogP contribution in [0.3, 0.4) is 0 Å². The van der Waals surface area contributed by atoms with Gasteiger partial charge in [0.2, 0.25) is 0 Å². The SMILES string of the molecule is COCOc1ccc(-c2cc(=O)c3ccccc3n2C)cc1. The molecule has 0 unspecified atom stereocenters. The Hall–Kier alpha value is -2.59. The Morgan fingerprint density at radius 2 is 1.77 bits per heavy atom. The second-order valence-corrected chi connectivity index (χ2v) is 5.05. The molecule has 0 aliphatic rings. The van der Waals surface area contributed by atoms with Crippen LogP contribution in [0.4, 0.5) is 0 Å². The molecule has 4 nitrogen and oxygen atoms in total. The van der Waals surface area contributed by atoms with Crippen molar-refractivity contribution in [2.75, 3.05) is 13.9 Å². The van der Waals surface area contributed by atoms with E-state index in [1.165, 1.54) is 0 Å². The third-order valence-corrected chi connectivity index (χ3v) is 3.65. The van der Waals surface area contributed by atoms with Crippen LogP contribution in [0.25, 0.3) is 22.2 Å². The van der Waals surface area contributed by atoms with Crippen LogP contribution in [0.2, 0.25) is 0 Å². The lowest BCUT2D eigenvalue weighted by molar-refractivity contribution is 0.0511. The van der Waals surface area contributed by atoms with Crippen molar-refractivity contribution in [3.05, 3.63) is 64.8 Å². The summed E-state index contributed by atoms with van der Waals surface area (Å²) in [5, 5.41) is 0.730. The number of ether oxygens (including phenoxy) is 2. The van der Waals surface area contributed by atoms with Crippen molar-refractivity contribution in [2.45, 2.75) is 0 Å². The number of aromatic nitrogens is 1. The molecule has 112 valence electrons. The summed E-state index contributed by atoms with van der Waals surface area (Å²) in [4.78, 5) is 12.3. The van der Waals surface area contributed by atoms with E-state index in [2.05, 4.69) is 0 Å². The molecule has 22 heavy (non-hydrogen) atoms. The zero-order valence-corrected chi connectivity index (χ0v) is 12.6. The van der Waals surface area contributed by atoms with Crippen LogP contribution in [0.5, 0.6) is 5.75 Å². The van der Waals surface area contributed by atoms with E-state index in [0.717, 1.165) is 27.9 Å². The molecule has 4 heteroatoms. The minimum absolute atomic E-state index is 0.0309. The first-order valence-corrected chi connectivity index (χ1v) is 7.01. The molecule has 0 fully saturated rings. The smallest absolute Gasteiger partial charge is 0.190 e. The highest BCUT2D eigenvalue weighted by Gasteiger charge is 2.08. The van der Waals surface area contributed by atoms with Crippen molar-refractivity contribution in [1.29, 1.82) is 0 Å². The molecule has 0 amide bonds. The van der Waals surface area contributed by atoms with Gasteiger partial charge in [0.25, 0.3) is 0 Å². The van der Waals surface area contributed by atoms with Gasteiger partial charge < -0.3 is 14.0 Å². The zero-order chi connectivity index (χ0) is 15.5. The minimum atomic E-state index is 0.0309. The first-order chi connectivity index (χ1) is 10.7. The highest BCUT2D eigenvalue weighted by atomic mass is 16.7. The molecule has 0 aliphatic heterocycles. The van der Waals surface area contributed by atoms with Crippen molar-refractivity contribution in [1.82, 2.24) is 4.57 Å². The van der Waals surface area contributed by atoms with Crippen molar-refractivity contribution >= 4 is 10.9 Å². The normalized spacial score (nSPS) is 10.8. The van der Waals surface area contributed by atoms with E-state index in [1.54, 1.807) is 13.2 Å². The van der Waals surface area contributed by atoms with Crippen molar-refractivity contribution < 1.29 is 9.47 Å². The lowest BCUT2D eigenvalue weighted by atomic mass is 10.1. The number of hydrogen-bond donors (Lipinski definition) is 0. The number of methoxy groups -OCH3 is 1. The van der Waals surface area contributed by atoms with Gasteiger partial charge >= 0.3 is 0 Å². The summed E-state index contributed by atoms with van der Waals surface area (Å²) in [6, 6.07) is 16.9. The van der Waals surface area contributed by atoms with Crippen LogP contribution < -0.4 is 10.2 Å². The van der Waals surface area contributed by atoms with Crippen LogP contribution >= 0.6 is 0 Å². The van der Waals surface area contributed by atoms with Crippen LogP contribution in [-0.4, -0.2) is 18.5 Å². The molecule has 0 radical (unpaired) electrons. The Labute approximate surface area is 128 Å². The number of hydrogen-bond acceptors (Lipinski definition) is 3. The number of aryl methyl sites for hydroxylation is 1. The van der Waals surface area contributed by atoms with Gasteiger partial charge in [-0.25, -0.2) is 0 Å².